The standard InChI is InChI=1S/C10H12O/c11-10-7-3-1-2-4-5(3)9(10)8(4)6(2)7/h2-11H,1H2/t2-,3+,4-,5+,6+,7-,8+,9+,10+/m0/s1. The van der Waals surface area contributed by atoms with Crippen molar-refractivity contribution < 1.29 is 5.11 Å². The minimum absolute atomic E-state index is 0.156. The van der Waals surface area contributed by atoms with E-state index in [4.69, 9.17) is 0 Å². The second-order valence-corrected chi connectivity index (χ2v) is 5.52. The fourth-order valence-electron chi connectivity index (χ4n) is 6.15. The summed E-state index contributed by atoms with van der Waals surface area (Å²) in [5, 5.41) is 9.92. The van der Waals surface area contributed by atoms with Gasteiger partial charge in [-0.25, -0.2) is 0 Å². The summed E-state index contributed by atoms with van der Waals surface area (Å²) >= 11 is 0. The third-order valence-corrected chi connectivity index (χ3v) is 5.98. The highest BCUT2D eigenvalue weighted by Crippen LogP contribution is 2.88. The van der Waals surface area contributed by atoms with Crippen LogP contribution in [0.1, 0.15) is 6.42 Å². The van der Waals surface area contributed by atoms with Gasteiger partial charge in [-0.1, -0.05) is 0 Å². The lowest BCUT2D eigenvalue weighted by atomic mass is 9.41. The van der Waals surface area contributed by atoms with Crippen molar-refractivity contribution in [2.24, 2.45) is 47.3 Å². The molecule has 0 amide bonds. The van der Waals surface area contributed by atoms with Crippen LogP contribution in [0.3, 0.4) is 0 Å². The lowest BCUT2D eigenvalue weighted by molar-refractivity contribution is -0.172. The Labute approximate surface area is 65.8 Å². The lowest BCUT2D eigenvalue weighted by Crippen LogP contribution is -2.60. The first kappa shape index (κ1) is 4.86. The SMILES string of the molecule is O[C@H]1[C@@H]2[C@@H]3[C@H]4C[C@H]5[C@@H]3[C@@H]2[C@H]5[C@@H]14. The van der Waals surface area contributed by atoms with Crippen molar-refractivity contribution in [2.75, 3.05) is 0 Å². The van der Waals surface area contributed by atoms with Crippen LogP contribution in [0.2, 0.25) is 0 Å². The average Bonchev–Trinajstić information content (AvgIpc) is 2.40. The molecule has 6 saturated carbocycles. The van der Waals surface area contributed by atoms with Crippen LogP contribution in [0.5, 0.6) is 0 Å². The van der Waals surface area contributed by atoms with Crippen LogP contribution in [-0.4, -0.2) is 11.2 Å². The van der Waals surface area contributed by atoms with Crippen molar-refractivity contribution in [3.63, 3.8) is 0 Å². The largest absolute Gasteiger partial charge is 0.393 e. The maximum atomic E-state index is 9.92. The van der Waals surface area contributed by atoms with Gasteiger partial charge in [0.1, 0.15) is 0 Å². The molecular weight excluding hydrogens is 136 g/mol. The molecule has 0 aromatic heterocycles. The van der Waals surface area contributed by atoms with Gasteiger partial charge < -0.3 is 5.11 Å². The highest BCUT2D eigenvalue weighted by molar-refractivity contribution is 5.33. The first-order valence-corrected chi connectivity index (χ1v) is 5.07. The molecule has 0 aromatic carbocycles. The Hall–Kier alpha value is -0.0400. The molecule has 11 heavy (non-hydrogen) atoms. The van der Waals surface area contributed by atoms with Crippen LogP contribution in [0.15, 0.2) is 0 Å². The Morgan fingerprint density at radius 2 is 1.36 bits per heavy atom. The molecule has 0 radical (unpaired) electrons. The van der Waals surface area contributed by atoms with Crippen molar-refractivity contribution in [2.45, 2.75) is 12.5 Å². The van der Waals surface area contributed by atoms with Gasteiger partial charge in [0.25, 0.3) is 0 Å². The first-order chi connectivity index (χ1) is 5.39. The Morgan fingerprint density at radius 1 is 0.727 bits per heavy atom. The highest BCUT2D eigenvalue weighted by atomic mass is 16.3. The Balaban J connectivity index is 1.88. The normalized spacial score (nSPS) is 90.8. The molecule has 6 aliphatic rings. The molecule has 1 heteroatoms. The third-order valence-electron chi connectivity index (χ3n) is 5.98. The first-order valence-electron chi connectivity index (χ1n) is 5.07. The van der Waals surface area contributed by atoms with E-state index in [1.165, 1.54) is 6.42 Å². The maximum absolute atomic E-state index is 9.92. The second kappa shape index (κ2) is 1.02. The van der Waals surface area contributed by atoms with Crippen molar-refractivity contribution in [1.82, 2.24) is 0 Å². The smallest absolute Gasteiger partial charge is 0.0607 e. The van der Waals surface area contributed by atoms with E-state index in [1.54, 1.807) is 0 Å². The summed E-state index contributed by atoms with van der Waals surface area (Å²) in [6, 6.07) is 0. The van der Waals surface area contributed by atoms with Crippen LogP contribution in [0.25, 0.3) is 0 Å². The summed E-state index contributed by atoms with van der Waals surface area (Å²) < 4.78 is 0. The molecule has 0 aromatic rings. The van der Waals surface area contributed by atoms with E-state index in [0.29, 0.717) is 0 Å². The average molecular weight is 148 g/mol. The predicted molar refractivity (Wildman–Crippen MR) is 38.5 cm³/mol. The summed E-state index contributed by atoms with van der Waals surface area (Å²) in [7, 11) is 0. The Kier molecular flexibility index (Phi) is 0.452. The quantitative estimate of drug-likeness (QED) is 0.537. The topological polar surface area (TPSA) is 20.2 Å². The van der Waals surface area contributed by atoms with Crippen LogP contribution in [0.4, 0.5) is 0 Å². The lowest BCUT2D eigenvalue weighted by Gasteiger charge is -2.63. The van der Waals surface area contributed by atoms with Gasteiger partial charge in [-0.05, 0) is 53.8 Å². The third kappa shape index (κ3) is 0.234. The van der Waals surface area contributed by atoms with Crippen LogP contribution >= 0.6 is 0 Å². The van der Waals surface area contributed by atoms with Crippen molar-refractivity contribution >= 4 is 0 Å². The summed E-state index contributed by atoms with van der Waals surface area (Å²) in [6.45, 7) is 0. The molecular formula is C10H12O. The Bertz CT molecular complexity index is 264. The van der Waals surface area contributed by atoms with E-state index in [2.05, 4.69) is 0 Å². The summed E-state index contributed by atoms with van der Waals surface area (Å²) in [5.74, 6) is 7.91. The van der Waals surface area contributed by atoms with Gasteiger partial charge in [-0.3, -0.25) is 0 Å². The van der Waals surface area contributed by atoms with E-state index in [0.717, 1.165) is 47.3 Å². The maximum Gasteiger partial charge on any atom is 0.0607 e. The van der Waals surface area contributed by atoms with Crippen LogP contribution < -0.4 is 0 Å². The minimum atomic E-state index is 0.156. The van der Waals surface area contributed by atoms with Gasteiger partial charge in [-0.15, -0.1) is 0 Å². The molecule has 0 saturated heterocycles. The summed E-state index contributed by atoms with van der Waals surface area (Å²) in [5.41, 5.74) is 0. The second-order valence-electron chi connectivity index (χ2n) is 5.52. The van der Waals surface area contributed by atoms with Gasteiger partial charge in [0, 0.05) is 0 Å². The zero-order valence-corrected chi connectivity index (χ0v) is 6.35. The monoisotopic (exact) mass is 148 g/mol. The molecule has 1 nitrogen and oxygen atoms in total. The van der Waals surface area contributed by atoms with Crippen molar-refractivity contribution in [3.8, 4) is 0 Å². The van der Waals surface area contributed by atoms with E-state index in [-0.39, 0.29) is 6.10 Å². The molecule has 4 bridgehead atoms. The van der Waals surface area contributed by atoms with Crippen molar-refractivity contribution in [3.05, 3.63) is 0 Å². The predicted octanol–water partition coefficient (Wildman–Crippen LogP) is 0.735. The molecule has 58 valence electrons. The number of aliphatic hydroxyl groups is 1. The van der Waals surface area contributed by atoms with Gasteiger partial charge >= 0.3 is 0 Å². The molecule has 0 aliphatic heterocycles. The van der Waals surface area contributed by atoms with Crippen LogP contribution in [0, 0.1) is 47.3 Å². The van der Waals surface area contributed by atoms with E-state index in [9.17, 15) is 5.11 Å². The molecule has 0 heterocycles. The number of aliphatic hydroxyl groups excluding tert-OH is 1. The Morgan fingerprint density at radius 3 is 2.00 bits per heavy atom. The van der Waals surface area contributed by atoms with Gasteiger partial charge in [0.05, 0.1) is 6.10 Å². The summed E-state index contributed by atoms with van der Waals surface area (Å²) in [6.07, 6.45) is 1.66. The molecule has 0 unspecified atom stereocenters. The van der Waals surface area contributed by atoms with E-state index < -0.39 is 0 Å². The fourth-order valence-corrected chi connectivity index (χ4v) is 6.15. The molecule has 1 N–H and O–H groups in total. The van der Waals surface area contributed by atoms with Gasteiger partial charge in [0.15, 0.2) is 0 Å². The summed E-state index contributed by atoms with van der Waals surface area (Å²) in [4.78, 5) is 0. The fraction of sp³-hybridized carbons (Fsp3) is 1.00. The van der Waals surface area contributed by atoms with Gasteiger partial charge in [0.2, 0.25) is 0 Å². The molecule has 9 atom stereocenters. The number of hydrogen-bond donors (Lipinski definition) is 1. The number of rotatable bonds is 0. The van der Waals surface area contributed by atoms with Gasteiger partial charge in [-0.2, -0.15) is 0 Å². The zero-order valence-electron chi connectivity index (χ0n) is 6.35. The van der Waals surface area contributed by atoms with Crippen LogP contribution in [-0.2, 0) is 0 Å². The van der Waals surface area contributed by atoms with E-state index in [1.807, 2.05) is 0 Å². The molecule has 6 fully saturated rings. The van der Waals surface area contributed by atoms with E-state index >= 15 is 0 Å². The zero-order chi connectivity index (χ0) is 6.90. The minimum Gasteiger partial charge on any atom is -0.393 e. The molecule has 6 rings (SSSR count). The molecule has 6 aliphatic carbocycles. The van der Waals surface area contributed by atoms with Crippen molar-refractivity contribution in [1.29, 1.82) is 0 Å². The number of hydrogen-bond acceptors (Lipinski definition) is 1. The highest BCUT2D eigenvalue weighted by Gasteiger charge is 2.86. The molecule has 0 spiro atoms.